The third kappa shape index (κ3) is 5.18. The molecule has 4 aromatic rings. The molecule has 4 rings (SSSR count). The first-order valence-corrected chi connectivity index (χ1v) is 10.9. The Balaban J connectivity index is 1.58. The summed E-state index contributed by atoms with van der Waals surface area (Å²) in [6.45, 7) is 5.16. The van der Waals surface area contributed by atoms with Crippen LogP contribution in [-0.4, -0.2) is 66.9 Å². The van der Waals surface area contributed by atoms with Crippen LogP contribution in [0.3, 0.4) is 0 Å². The number of aromatic nitrogens is 6. The number of hydrogen-bond donors (Lipinski definition) is 0. The lowest BCUT2D eigenvalue weighted by molar-refractivity contribution is 0.0595. The highest BCUT2D eigenvalue weighted by atomic mass is 19.1. The van der Waals surface area contributed by atoms with Gasteiger partial charge in [-0.25, -0.2) is 4.39 Å². The lowest BCUT2D eigenvalue weighted by Crippen LogP contribution is -2.43. The molecule has 10 heteroatoms. The number of carbonyl (C=O) groups is 1. The topological polar surface area (TPSA) is 91.0 Å². The van der Waals surface area contributed by atoms with E-state index in [9.17, 15) is 9.18 Å². The molecule has 0 aliphatic carbocycles. The molecule has 0 N–H and O–H groups in total. The van der Waals surface area contributed by atoms with Gasteiger partial charge in [-0.3, -0.25) is 14.5 Å². The molecule has 0 radical (unpaired) electrons. The first-order valence-electron chi connectivity index (χ1n) is 10.9. The largest absolute Gasteiger partial charge is 0.383 e. The van der Waals surface area contributed by atoms with Crippen molar-refractivity contribution in [3.8, 4) is 16.9 Å². The van der Waals surface area contributed by atoms with Gasteiger partial charge in [0.15, 0.2) is 0 Å². The molecule has 0 saturated heterocycles. The van der Waals surface area contributed by atoms with E-state index in [0.29, 0.717) is 36.6 Å². The number of amides is 1. The second-order valence-corrected chi connectivity index (χ2v) is 7.99. The van der Waals surface area contributed by atoms with Crippen molar-refractivity contribution in [3.63, 3.8) is 0 Å². The van der Waals surface area contributed by atoms with E-state index >= 15 is 0 Å². The van der Waals surface area contributed by atoms with Crippen molar-refractivity contribution < 1.29 is 13.9 Å². The fraction of sp³-hybridized carbons (Fsp3) is 0.292. The molecule has 1 atom stereocenters. The molecule has 3 heterocycles. The number of methoxy groups -OCH3 is 1. The van der Waals surface area contributed by atoms with Gasteiger partial charge in [-0.05, 0) is 38.1 Å². The van der Waals surface area contributed by atoms with Gasteiger partial charge < -0.3 is 9.64 Å². The van der Waals surface area contributed by atoms with Crippen LogP contribution in [0.5, 0.6) is 0 Å². The van der Waals surface area contributed by atoms with E-state index < -0.39 is 5.82 Å². The van der Waals surface area contributed by atoms with Crippen molar-refractivity contribution >= 4 is 5.91 Å². The summed E-state index contributed by atoms with van der Waals surface area (Å²) in [6.07, 6.45) is 7.83. The van der Waals surface area contributed by atoms with E-state index in [0.717, 1.165) is 11.1 Å². The van der Waals surface area contributed by atoms with Crippen LogP contribution in [0.2, 0.25) is 0 Å². The predicted molar refractivity (Wildman–Crippen MR) is 124 cm³/mol. The van der Waals surface area contributed by atoms with Gasteiger partial charge in [0.1, 0.15) is 5.82 Å². The molecule has 176 valence electrons. The number of aryl methyl sites for hydroxylation is 1. The number of carbonyl (C=O) groups excluding carboxylic acids is 1. The highest BCUT2D eigenvalue weighted by molar-refractivity contribution is 5.98. The Morgan fingerprint density at radius 3 is 2.65 bits per heavy atom. The number of rotatable bonds is 9. The molecule has 0 spiro atoms. The van der Waals surface area contributed by atoms with Crippen LogP contribution in [0.4, 0.5) is 4.39 Å². The summed E-state index contributed by atoms with van der Waals surface area (Å²) < 4.78 is 20.2. The van der Waals surface area contributed by atoms with Gasteiger partial charge in [0, 0.05) is 31.5 Å². The fourth-order valence-electron chi connectivity index (χ4n) is 3.71. The Labute approximate surface area is 196 Å². The molecule has 34 heavy (non-hydrogen) atoms. The Morgan fingerprint density at radius 1 is 1.15 bits per heavy atom. The van der Waals surface area contributed by atoms with Crippen LogP contribution in [-0.2, 0) is 11.3 Å². The van der Waals surface area contributed by atoms with Crippen molar-refractivity contribution in [2.24, 2.45) is 0 Å². The molecule has 0 saturated carbocycles. The lowest BCUT2D eigenvalue weighted by Gasteiger charge is -2.30. The van der Waals surface area contributed by atoms with Crippen molar-refractivity contribution in [1.82, 2.24) is 34.7 Å². The number of ether oxygens (including phenoxy) is 1. The molecule has 1 aromatic carbocycles. The Kier molecular flexibility index (Phi) is 7.07. The summed E-state index contributed by atoms with van der Waals surface area (Å²) in [7, 11) is 1.61. The molecule has 0 aliphatic heterocycles. The highest BCUT2D eigenvalue weighted by Gasteiger charge is 2.25. The first-order chi connectivity index (χ1) is 16.5. The first kappa shape index (κ1) is 23.2. The summed E-state index contributed by atoms with van der Waals surface area (Å²) in [5.74, 6) is -0.536. The lowest BCUT2D eigenvalue weighted by atomic mass is 10.1. The van der Waals surface area contributed by atoms with Crippen molar-refractivity contribution in [1.29, 1.82) is 0 Å². The number of halogens is 1. The van der Waals surface area contributed by atoms with Crippen molar-refractivity contribution in [2.45, 2.75) is 26.4 Å². The normalized spacial score (nSPS) is 12.0. The SMILES string of the molecule is COCCN(C(=O)c1cc(C)ccc1-n1nccn1)[C@@H](C)Cn1cc(-c2ccc(F)cn2)cn1. The van der Waals surface area contributed by atoms with E-state index in [2.05, 4.69) is 20.3 Å². The van der Waals surface area contributed by atoms with Gasteiger partial charge in [-0.1, -0.05) is 11.6 Å². The summed E-state index contributed by atoms with van der Waals surface area (Å²) in [5.41, 5.74) is 3.48. The van der Waals surface area contributed by atoms with Crippen LogP contribution < -0.4 is 0 Å². The number of pyridine rings is 1. The van der Waals surface area contributed by atoms with E-state index in [1.807, 2.05) is 38.2 Å². The minimum absolute atomic E-state index is 0.145. The average Bonchev–Trinajstić information content (AvgIpc) is 3.52. The van der Waals surface area contributed by atoms with Gasteiger partial charge >= 0.3 is 0 Å². The maximum atomic E-state index is 13.7. The van der Waals surface area contributed by atoms with Crippen LogP contribution in [0.25, 0.3) is 16.9 Å². The number of nitrogens with zero attached hydrogens (tertiary/aromatic N) is 7. The maximum absolute atomic E-state index is 13.7. The minimum atomic E-state index is -0.391. The Hall–Kier alpha value is -3.92. The monoisotopic (exact) mass is 463 g/mol. The third-order valence-corrected chi connectivity index (χ3v) is 5.45. The van der Waals surface area contributed by atoms with E-state index in [4.69, 9.17) is 4.74 Å². The van der Waals surface area contributed by atoms with Gasteiger partial charge in [-0.2, -0.15) is 20.1 Å². The minimum Gasteiger partial charge on any atom is -0.383 e. The zero-order chi connectivity index (χ0) is 24.1. The molecule has 0 aliphatic rings. The Bertz CT molecular complexity index is 1240. The van der Waals surface area contributed by atoms with Crippen molar-refractivity contribution in [2.75, 3.05) is 20.3 Å². The van der Waals surface area contributed by atoms with Crippen LogP contribution >= 0.6 is 0 Å². The zero-order valence-corrected chi connectivity index (χ0v) is 19.3. The Morgan fingerprint density at radius 2 is 1.94 bits per heavy atom. The fourth-order valence-corrected chi connectivity index (χ4v) is 3.71. The van der Waals surface area contributed by atoms with E-state index in [-0.39, 0.29) is 11.9 Å². The second-order valence-electron chi connectivity index (χ2n) is 7.99. The standard InChI is InChI=1S/C24H26FN7O2/c1-17-4-7-23(32-27-8-9-28-32)21(12-17)24(33)31(10-11-34-3)18(2)15-30-16-19(13-29-30)22-6-5-20(25)14-26-22/h4-9,12-14,16,18H,10-11,15H2,1-3H3/t18-/m0/s1. The number of hydrogen-bond acceptors (Lipinski definition) is 6. The molecule has 9 nitrogen and oxygen atoms in total. The van der Waals surface area contributed by atoms with Crippen molar-refractivity contribution in [3.05, 3.63) is 78.3 Å². The molecule has 3 aromatic heterocycles. The van der Waals surface area contributed by atoms with E-state index in [1.54, 1.807) is 41.3 Å². The van der Waals surface area contributed by atoms with Crippen LogP contribution in [0.15, 0.2) is 61.3 Å². The average molecular weight is 464 g/mol. The predicted octanol–water partition coefficient (Wildman–Crippen LogP) is 3.15. The summed E-state index contributed by atoms with van der Waals surface area (Å²) in [4.78, 5) is 21.1. The van der Waals surface area contributed by atoms with Crippen LogP contribution in [0.1, 0.15) is 22.8 Å². The molecule has 0 bridgehead atoms. The van der Waals surface area contributed by atoms with Gasteiger partial charge in [0.2, 0.25) is 0 Å². The maximum Gasteiger partial charge on any atom is 0.256 e. The molecule has 1 amide bonds. The molecule has 0 unspecified atom stereocenters. The van der Waals surface area contributed by atoms with Crippen LogP contribution in [0, 0.1) is 12.7 Å². The summed E-state index contributed by atoms with van der Waals surface area (Å²) >= 11 is 0. The van der Waals surface area contributed by atoms with Gasteiger partial charge in [0.25, 0.3) is 5.91 Å². The zero-order valence-electron chi connectivity index (χ0n) is 19.3. The quantitative estimate of drug-likeness (QED) is 0.379. The number of benzene rings is 1. The third-order valence-electron chi connectivity index (χ3n) is 5.45. The van der Waals surface area contributed by atoms with Gasteiger partial charge in [-0.15, -0.1) is 0 Å². The van der Waals surface area contributed by atoms with Gasteiger partial charge in [0.05, 0.1) is 54.9 Å². The highest BCUT2D eigenvalue weighted by Crippen LogP contribution is 2.20. The molecule has 0 fully saturated rings. The molecular weight excluding hydrogens is 437 g/mol. The second kappa shape index (κ2) is 10.3. The smallest absolute Gasteiger partial charge is 0.256 e. The summed E-state index contributed by atoms with van der Waals surface area (Å²) in [5, 5.41) is 12.8. The van der Waals surface area contributed by atoms with E-state index in [1.165, 1.54) is 17.1 Å². The molecular formula is C24H26FN7O2. The summed E-state index contributed by atoms with van der Waals surface area (Å²) in [6, 6.07) is 8.39.